The normalized spacial score (nSPS) is 6.00. The summed E-state index contributed by atoms with van der Waals surface area (Å²) in [7, 11) is 1.86. The first-order chi connectivity index (χ1) is 1.41. The van der Waals surface area contributed by atoms with Crippen LogP contribution in [0.15, 0.2) is 0 Å². The van der Waals surface area contributed by atoms with Crippen molar-refractivity contribution in [2.45, 2.75) is 0 Å². The molecule has 0 aromatic rings. The van der Waals surface area contributed by atoms with Crippen LogP contribution in [-0.4, -0.2) is 72.4 Å². The quantitative estimate of drug-likeness (QED) is 0.307. The van der Waals surface area contributed by atoms with Crippen LogP contribution < -0.4 is 0 Å². The van der Waals surface area contributed by atoms with E-state index < -0.39 is 0 Å². The van der Waals surface area contributed by atoms with Crippen molar-refractivity contribution in [3.8, 4) is 0 Å². The first-order valence-corrected chi connectivity index (χ1v) is 2.45. The summed E-state index contributed by atoms with van der Waals surface area (Å²) < 4.78 is 4.53. The predicted octanol–water partition coefficient (Wildman–Crippen LogP) is -3.08. The second-order valence-corrected chi connectivity index (χ2v) is 3.67. The van der Waals surface area contributed by atoms with Crippen LogP contribution in [0.4, 0.5) is 0 Å². The molecule has 0 atom stereocenters. The molecule has 0 amide bonds. The Morgan fingerprint density at radius 1 is 1.25 bits per heavy atom. The van der Waals surface area contributed by atoms with Crippen molar-refractivity contribution in [2.75, 3.05) is 0 Å². The number of rotatable bonds is 0. The van der Waals surface area contributed by atoms with Crippen molar-refractivity contribution < 1.29 is 4.12 Å². The second-order valence-electron chi connectivity index (χ2n) is 0.408. The zero-order valence-corrected chi connectivity index (χ0v) is 6.41. The molecule has 0 bridgehead atoms. The fourth-order valence-electron chi connectivity index (χ4n) is 0. The molecule has 0 heterocycles. The summed E-state index contributed by atoms with van der Waals surface area (Å²) in [6.45, 7) is 0. The molecule has 0 N–H and O–H groups in total. The molecule has 1 nitrogen and oxygen atoms in total. The van der Waals surface area contributed by atoms with E-state index in [0.29, 0.717) is 0 Å². The van der Waals surface area contributed by atoms with Crippen molar-refractivity contribution in [3.63, 3.8) is 0 Å². The Labute approximate surface area is 75.0 Å². The van der Waals surface area contributed by atoms with E-state index in [1.165, 1.54) is 0 Å². The van der Waals surface area contributed by atoms with Crippen LogP contribution >= 0.6 is 0 Å². The average molecular weight is 118 g/mol. The van der Waals surface area contributed by atoms with Crippen molar-refractivity contribution in [2.24, 2.45) is 0 Å². The molecule has 22 valence electrons. The first kappa shape index (κ1) is 9.39. The van der Waals surface area contributed by atoms with Crippen LogP contribution in [-0.2, 0) is 4.12 Å². The molecule has 0 unspecified atom stereocenters. The molecule has 4 heavy (non-hydrogen) atoms. The van der Waals surface area contributed by atoms with Gasteiger partial charge in [0.25, 0.3) is 0 Å². The SMILES string of the molecule is [KH].[SiH3]O[SiH3]. The molecule has 4 heteroatoms. The van der Waals surface area contributed by atoms with Gasteiger partial charge in [-0.25, -0.2) is 0 Å². The van der Waals surface area contributed by atoms with Crippen LogP contribution in [0.5, 0.6) is 0 Å². The third-order valence-corrected chi connectivity index (χ3v) is 0. The van der Waals surface area contributed by atoms with E-state index in [-0.39, 0.29) is 51.4 Å². The van der Waals surface area contributed by atoms with Crippen molar-refractivity contribution >= 4 is 72.4 Å². The summed E-state index contributed by atoms with van der Waals surface area (Å²) in [5, 5.41) is 0. The molecule has 0 rings (SSSR count). The fraction of sp³-hybridized carbons (Fsp3) is 0. The molecule has 0 saturated heterocycles. The summed E-state index contributed by atoms with van der Waals surface area (Å²) in [4.78, 5) is 0. The van der Waals surface area contributed by atoms with Crippen LogP contribution in [0.2, 0.25) is 0 Å². The van der Waals surface area contributed by atoms with E-state index in [4.69, 9.17) is 0 Å². The Hall–Kier alpha value is 2.03. The Kier molecular flexibility index (Phi) is 20.9. The smallest absolute Gasteiger partial charge is 0.129 e. The molecule has 0 aromatic carbocycles. The van der Waals surface area contributed by atoms with Crippen LogP contribution in [0.1, 0.15) is 0 Å². The van der Waals surface area contributed by atoms with E-state index in [9.17, 15) is 0 Å². The number of hydrogen-bond acceptors (Lipinski definition) is 1. The minimum absolute atomic E-state index is 0. The maximum absolute atomic E-state index is 4.53. The van der Waals surface area contributed by atoms with Gasteiger partial charge in [0.05, 0.1) is 0 Å². The van der Waals surface area contributed by atoms with Crippen LogP contribution in [0.3, 0.4) is 0 Å². The summed E-state index contributed by atoms with van der Waals surface area (Å²) in [5.74, 6) is 0. The largest absolute Gasteiger partial charge is 0.471 e. The van der Waals surface area contributed by atoms with E-state index >= 15 is 0 Å². The minimum atomic E-state index is 0. The van der Waals surface area contributed by atoms with Gasteiger partial charge in [-0.15, -0.1) is 0 Å². The molecule has 0 aliphatic carbocycles. The monoisotopic (exact) mass is 118 g/mol. The minimum Gasteiger partial charge on any atom is -0.471 e. The van der Waals surface area contributed by atoms with E-state index in [2.05, 4.69) is 4.12 Å². The van der Waals surface area contributed by atoms with Gasteiger partial charge in [0.1, 0.15) is 21.0 Å². The van der Waals surface area contributed by atoms with E-state index in [0.717, 1.165) is 21.0 Å². The summed E-state index contributed by atoms with van der Waals surface area (Å²) >= 11 is 0. The van der Waals surface area contributed by atoms with Crippen LogP contribution in [0, 0.1) is 0 Å². The second kappa shape index (κ2) is 8.90. The molecule has 0 saturated carbocycles. The van der Waals surface area contributed by atoms with Gasteiger partial charge in [0, 0.05) is 0 Å². The maximum atomic E-state index is 4.53. The zero-order chi connectivity index (χ0) is 2.71. The fourth-order valence-corrected chi connectivity index (χ4v) is 0. The van der Waals surface area contributed by atoms with Gasteiger partial charge in [0.2, 0.25) is 0 Å². The molecule has 0 radical (unpaired) electrons. The molecule has 0 fully saturated rings. The Morgan fingerprint density at radius 3 is 1.25 bits per heavy atom. The topological polar surface area (TPSA) is 9.23 Å². The third kappa shape index (κ3) is 8.98. The van der Waals surface area contributed by atoms with E-state index in [1.807, 2.05) is 0 Å². The molecule has 0 aliphatic rings. The molecule has 0 aromatic heterocycles. The van der Waals surface area contributed by atoms with Crippen molar-refractivity contribution in [1.29, 1.82) is 0 Å². The molecule has 0 aliphatic heterocycles. The van der Waals surface area contributed by atoms with Crippen molar-refractivity contribution in [1.82, 2.24) is 0 Å². The zero-order valence-electron chi connectivity index (χ0n) is 2.41. The predicted molar refractivity (Wildman–Crippen MR) is 28.1 cm³/mol. The Balaban J connectivity index is 0. The van der Waals surface area contributed by atoms with Gasteiger partial charge in [0.15, 0.2) is 0 Å². The molecular formula is H7KOSi2. The maximum Gasteiger partial charge on any atom is 0.129 e. The van der Waals surface area contributed by atoms with Gasteiger partial charge in [-0.2, -0.15) is 0 Å². The molecular weight excluding hydrogens is 111 g/mol. The van der Waals surface area contributed by atoms with Gasteiger partial charge in [-0.1, -0.05) is 0 Å². The Bertz CT molecular complexity index is 6.00. The molecule has 0 spiro atoms. The van der Waals surface area contributed by atoms with E-state index in [1.54, 1.807) is 0 Å². The van der Waals surface area contributed by atoms with Crippen molar-refractivity contribution in [3.05, 3.63) is 0 Å². The van der Waals surface area contributed by atoms with Crippen LogP contribution in [0.25, 0.3) is 0 Å². The summed E-state index contributed by atoms with van der Waals surface area (Å²) in [6, 6.07) is 0. The number of hydrogen-bond donors (Lipinski definition) is 0. The summed E-state index contributed by atoms with van der Waals surface area (Å²) in [5.41, 5.74) is 0. The third-order valence-electron chi connectivity index (χ3n) is 0. The van der Waals surface area contributed by atoms with Gasteiger partial charge in [-0.3, -0.25) is 0 Å². The van der Waals surface area contributed by atoms with Gasteiger partial charge in [-0.05, 0) is 0 Å². The van der Waals surface area contributed by atoms with Gasteiger partial charge >= 0.3 is 51.4 Å². The Morgan fingerprint density at radius 2 is 1.25 bits per heavy atom. The first-order valence-electron chi connectivity index (χ1n) is 0.816. The summed E-state index contributed by atoms with van der Waals surface area (Å²) in [6.07, 6.45) is 0. The average Bonchev–Trinajstić information content (AvgIpc) is 0.918. The van der Waals surface area contributed by atoms with Gasteiger partial charge < -0.3 is 4.12 Å². The standard InChI is InChI=1S/K.H6OSi2.H/c;2-1-3;/h;2-3H3;.